The minimum atomic E-state index is -1.17. The van der Waals surface area contributed by atoms with E-state index in [9.17, 15) is 14.4 Å². The van der Waals surface area contributed by atoms with Crippen molar-refractivity contribution < 1.29 is 24.4 Å². The number of nitrogens with zero attached hydrogens (tertiary/aromatic N) is 1. The first-order valence-electron chi connectivity index (χ1n) is 9.73. The standard InChI is InChI=1S/C23H24N2O4/c1-13-5-9-15(10-6-13)19-17-18(23(3,24-19)22(28)29-4)21(27)25(20(17)26)16-11-7-14(2)8-12-16/h5-12,17-19,24H,1-4H3/p+1/t17-,18-,19-,23-/m0/s1. The Labute approximate surface area is 169 Å². The van der Waals surface area contributed by atoms with Gasteiger partial charge in [0.05, 0.1) is 12.8 Å². The lowest BCUT2D eigenvalue weighted by atomic mass is 9.80. The summed E-state index contributed by atoms with van der Waals surface area (Å²) in [6.07, 6.45) is 0. The van der Waals surface area contributed by atoms with Gasteiger partial charge >= 0.3 is 5.97 Å². The fourth-order valence-electron chi connectivity index (χ4n) is 4.72. The van der Waals surface area contributed by atoms with E-state index in [1.165, 1.54) is 12.0 Å². The van der Waals surface area contributed by atoms with Crippen molar-refractivity contribution in [3.05, 3.63) is 65.2 Å². The third kappa shape index (κ3) is 2.86. The first-order valence-corrected chi connectivity index (χ1v) is 9.73. The molecule has 2 saturated heterocycles. The smallest absolute Gasteiger partial charge is 0.368 e. The molecule has 4 rings (SSSR count). The number of nitrogens with two attached hydrogens (primary N) is 1. The number of hydrogen-bond acceptors (Lipinski definition) is 4. The molecule has 2 N–H and O–H groups in total. The molecule has 150 valence electrons. The Morgan fingerprint density at radius 2 is 1.52 bits per heavy atom. The van der Waals surface area contributed by atoms with Crippen molar-refractivity contribution in [1.29, 1.82) is 0 Å². The van der Waals surface area contributed by atoms with Crippen molar-refractivity contribution in [3.8, 4) is 0 Å². The van der Waals surface area contributed by atoms with E-state index in [0.29, 0.717) is 5.69 Å². The van der Waals surface area contributed by atoms with Crippen LogP contribution >= 0.6 is 0 Å². The maximum absolute atomic E-state index is 13.5. The van der Waals surface area contributed by atoms with Gasteiger partial charge in [0.2, 0.25) is 17.4 Å². The molecule has 2 fully saturated rings. The minimum absolute atomic E-state index is 0.265. The number of fused-ring (bicyclic) bond motifs is 1. The largest absolute Gasteiger partial charge is 0.464 e. The lowest BCUT2D eigenvalue weighted by Gasteiger charge is -2.25. The molecule has 6 heteroatoms. The zero-order valence-electron chi connectivity index (χ0n) is 17.0. The quantitative estimate of drug-likeness (QED) is 0.635. The Bertz CT molecular complexity index is 983. The number of esters is 1. The molecule has 2 aromatic rings. The Balaban J connectivity index is 1.81. The number of rotatable bonds is 3. The number of anilines is 1. The number of ether oxygens (including phenoxy) is 1. The molecule has 0 aromatic heterocycles. The number of carbonyl (C=O) groups excluding carboxylic acids is 3. The first-order chi connectivity index (χ1) is 13.8. The van der Waals surface area contributed by atoms with Crippen LogP contribution in [0.5, 0.6) is 0 Å². The Kier molecular flexibility index (Phi) is 4.54. The molecule has 0 radical (unpaired) electrons. The van der Waals surface area contributed by atoms with Gasteiger partial charge in [-0.1, -0.05) is 47.5 Å². The van der Waals surface area contributed by atoms with E-state index in [-0.39, 0.29) is 17.9 Å². The highest BCUT2D eigenvalue weighted by Gasteiger charge is 2.70. The van der Waals surface area contributed by atoms with Crippen LogP contribution in [0.3, 0.4) is 0 Å². The number of quaternary nitrogens is 1. The highest BCUT2D eigenvalue weighted by Crippen LogP contribution is 2.45. The van der Waals surface area contributed by atoms with Crippen molar-refractivity contribution in [1.82, 2.24) is 0 Å². The van der Waals surface area contributed by atoms with E-state index in [0.717, 1.165) is 16.7 Å². The molecule has 2 aliphatic rings. The van der Waals surface area contributed by atoms with Gasteiger partial charge in [-0.25, -0.2) is 9.69 Å². The fourth-order valence-corrected chi connectivity index (χ4v) is 4.72. The summed E-state index contributed by atoms with van der Waals surface area (Å²) in [5.41, 5.74) is 2.44. The summed E-state index contributed by atoms with van der Waals surface area (Å²) in [6, 6.07) is 14.8. The molecule has 0 bridgehead atoms. The molecule has 0 saturated carbocycles. The maximum Gasteiger partial charge on any atom is 0.368 e. The molecule has 4 atom stereocenters. The molecule has 0 spiro atoms. The van der Waals surface area contributed by atoms with E-state index >= 15 is 0 Å². The number of benzene rings is 2. The molecular weight excluding hydrogens is 368 g/mol. The summed E-state index contributed by atoms with van der Waals surface area (Å²) in [7, 11) is 1.31. The van der Waals surface area contributed by atoms with Gasteiger partial charge in [0.15, 0.2) is 0 Å². The van der Waals surface area contributed by atoms with Crippen molar-refractivity contribution in [2.45, 2.75) is 32.4 Å². The average Bonchev–Trinajstić information content (AvgIpc) is 3.17. The summed E-state index contributed by atoms with van der Waals surface area (Å²) >= 11 is 0. The van der Waals surface area contributed by atoms with Crippen LogP contribution in [0.15, 0.2) is 48.5 Å². The second-order valence-electron chi connectivity index (χ2n) is 8.23. The van der Waals surface area contributed by atoms with Crippen LogP contribution in [0.2, 0.25) is 0 Å². The van der Waals surface area contributed by atoms with Gasteiger partial charge in [0.1, 0.15) is 17.9 Å². The van der Waals surface area contributed by atoms with Crippen molar-refractivity contribution in [3.63, 3.8) is 0 Å². The number of methoxy groups -OCH3 is 1. The molecule has 2 heterocycles. The van der Waals surface area contributed by atoms with Crippen LogP contribution in [-0.4, -0.2) is 30.4 Å². The van der Waals surface area contributed by atoms with Crippen LogP contribution < -0.4 is 10.2 Å². The topological polar surface area (TPSA) is 80.3 Å². The highest BCUT2D eigenvalue weighted by atomic mass is 16.5. The molecule has 0 aliphatic carbocycles. The van der Waals surface area contributed by atoms with Gasteiger partial charge in [-0.2, -0.15) is 0 Å². The van der Waals surface area contributed by atoms with Gasteiger partial charge < -0.3 is 10.1 Å². The van der Waals surface area contributed by atoms with Gasteiger partial charge in [0.25, 0.3) is 0 Å². The summed E-state index contributed by atoms with van der Waals surface area (Å²) in [5.74, 6) is -2.51. The van der Waals surface area contributed by atoms with Gasteiger partial charge in [-0.15, -0.1) is 0 Å². The van der Waals surface area contributed by atoms with Gasteiger partial charge in [-0.3, -0.25) is 9.59 Å². The van der Waals surface area contributed by atoms with E-state index in [4.69, 9.17) is 4.74 Å². The van der Waals surface area contributed by atoms with E-state index in [2.05, 4.69) is 0 Å². The molecule has 29 heavy (non-hydrogen) atoms. The predicted octanol–water partition coefficient (Wildman–Crippen LogP) is 1.66. The van der Waals surface area contributed by atoms with Gasteiger partial charge in [-0.05, 0) is 26.0 Å². The van der Waals surface area contributed by atoms with E-state index in [1.54, 1.807) is 19.1 Å². The van der Waals surface area contributed by atoms with Crippen LogP contribution in [0.4, 0.5) is 5.69 Å². The third-order valence-electron chi connectivity index (χ3n) is 6.29. The normalized spacial score (nSPS) is 28.6. The molecular formula is C23H25N2O4+. The number of amides is 2. The molecule has 6 nitrogen and oxygen atoms in total. The minimum Gasteiger partial charge on any atom is -0.464 e. The summed E-state index contributed by atoms with van der Waals surface area (Å²) in [5, 5.41) is 1.83. The fraction of sp³-hybridized carbons (Fsp3) is 0.348. The molecule has 2 aliphatic heterocycles. The number of hydrogen-bond donors (Lipinski definition) is 1. The summed E-state index contributed by atoms with van der Waals surface area (Å²) in [4.78, 5) is 40.8. The number of aryl methyl sites for hydroxylation is 2. The number of carbonyl (C=O) groups is 3. The van der Waals surface area contributed by atoms with Crippen molar-refractivity contribution in [2.75, 3.05) is 12.0 Å². The first kappa shape index (κ1) is 19.3. The van der Waals surface area contributed by atoms with Crippen LogP contribution in [-0.2, 0) is 19.1 Å². The summed E-state index contributed by atoms with van der Waals surface area (Å²) < 4.78 is 5.04. The van der Waals surface area contributed by atoms with Crippen LogP contribution in [0, 0.1) is 25.7 Å². The SMILES string of the molecule is COC(=O)[C@@]1(C)[NH2+][C@@H](c2ccc(C)cc2)[C@H]2C(=O)N(c3ccc(C)cc3)C(=O)[C@H]21. The van der Waals surface area contributed by atoms with Crippen molar-refractivity contribution in [2.24, 2.45) is 11.8 Å². The maximum atomic E-state index is 13.5. The highest BCUT2D eigenvalue weighted by molar-refractivity contribution is 6.23. The van der Waals surface area contributed by atoms with E-state index < -0.39 is 23.3 Å². The predicted molar refractivity (Wildman–Crippen MR) is 107 cm³/mol. The second-order valence-corrected chi connectivity index (χ2v) is 8.23. The lowest BCUT2D eigenvalue weighted by molar-refractivity contribution is -0.730. The Morgan fingerprint density at radius 3 is 2.07 bits per heavy atom. The monoisotopic (exact) mass is 393 g/mol. The lowest BCUT2D eigenvalue weighted by Crippen LogP contribution is -2.97. The Hall–Kier alpha value is -2.99. The van der Waals surface area contributed by atoms with Crippen LogP contribution in [0.25, 0.3) is 0 Å². The molecule has 0 unspecified atom stereocenters. The van der Waals surface area contributed by atoms with Gasteiger partial charge in [0, 0.05) is 12.5 Å². The number of imide groups is 1. The second kappa shape index (κ2) is 6.81. The zero-order valence-corrected chi connectivity index (χ0v) is 17.0. The molecule has 2 amide bonds. The van der Waals surface area contributed by atoms with Crippen LogP contribution in [0.1, 0.15) is 29.7 Å². The van der Waals surface area contributed by atoms with Crippen molar-refractivity contribution >= 4 is 23.5 Å². The van der Waals surface area contributed by atoms with E-state index in [1.807, 2.05) is 55.6 Å². The Morgan fingerprint density at radius 1 is 0.966 bits per heavy atom. The average molecular weight is 393 g/mol. The zero-order chi connectivity index (χ0) is 20.9. The summed E-state index contributed by atoms with van der Waals surface area (Å²) in [6.45, 7) is 5.64. The third-order valence-corrected chi connectivity index (χ3v) is 6.29. The molecule has 2 aromatic carbocycles.